The van der Waals surface area contributed by atoms with Crippen molar-refractivity contribution in [2.45, 2.75) is 25.6 Å². The molecule has 0 saturated heterocycles. The number of imidazole rings is 1. The number of carbonyl (C=O) groups is 2. The van der Waals surface area contributed by atoms with Gasteiger partial charge in [0.15, 0.2) is 0 Å². The van der Waals surface area contributed by atoms with E-state index in [0.717, 1.165) is 5.69 Å². The number of amides is 1. The van der Waals surface area contributed by atoms with Crippen LogP contribution in [-0.2, 0) is 29.1 Å². The van der Waals surface area contributed by atoms with Crippen LogP contribution in [0.25, 0.3) is 0 Å². The molecule has 2 N–H and O–H groups in total. The first-order chi connectivity index (χ1) is 9.65. The molecular formula is C11H12N6O3. The molecule has 0 fully saturated rings. The van der Waals surface area contributed by atoms with Crippen LogP contribution in [0, 0.1) is 0 Å². The van der Waals surface area contributed by atoms with E-state index < -0.39 is 12.0 Å². The van der Waals surface area contributed by atoms with Crippen molar-refractivity contribution in [3.8, 4) is 0 Å². The molecule has 0 radical (unpaired) electrons. The highest BCUT2D eigenvalue weighted by Crippen LogP contribution is 2.21. The number of rotatable bonds is 3. The highest BCUT2D eigenvalue weighted by Gasteiger charge is 2.35. The van der Waals surface area contributed by atoms with Gasteiger partial charge in [-0.05, 0) is 0 Å². The van der Waals surface area contributed by atoms with Gasteiger partial charge in [-0.25, -0.2) is 14.5 Å². The maximum atomic E-state index is 12.3. The van der Waals surface area contributed by atoms with Crippen LogP contribution < -0.4 is 0 Å². The van der Waals surface area contributed by atoms with E-state index >= 15 is 0 Å². The lowest BCUT2D eigenvalue weighted by atomic mass is 10.0. The fourth-order valence-electron chi connectivity index (χ4n) is 2.27. The number of hydrogen-bond donors (Lipinski definition) is 2. The zero-order valence-electron chi connectivity index (χ0n) is 10.4. The molecule has 2 aromatic rings. The summed E-state index contributed by atoms with van der Waals surface area (Å²) in [6, 6.07) is -0.901. The van der Waals surface area contributed by atoms with Gasteiger partial charge in [-0.2, -0.15) is 0 Å². The van der Waals surface area contributed by atoms with Crippen LogP contribution in [0.4, 0.5) is 0 Å². The molecule has 9 nitrogen and oxygen atoms in total. The smallest absolute Gasteiger partial charge is 0.326 e. The van der Waals surface area contributed by atoms with E-state index in [0.29, 0.717) is 5.69 Å². The molecule has 1 aliphatic heterocycles. The molecule has 9 heteroatoms. The molecule has 3 heterocycles. The second-order valence-corrected chi connectivity index (χ2v) is 4.51. The highest BCUT2D eigenvalue weighted by atomic mass is 16.4. The topological polar surface area (TPSA) is 117 Å². The van der Waals surface area contributed by atoms with Crippen molar-refractivity contribution in [1.29, 1.82) is 0 Å². The minimum atomic E-state index is -1.04. The molecule has 104 valence electrons. The van der Waals surface area contributed by atoms with Crippen LogP contribution in [0.2, 0.25) is 0 Å². The van der Waals surface area contributed by atoms with Crippen molar-refractivity contribution in [3.63, 3.8) is 0 Å². The number of hydrogen-bond acceptors (Lipinski definition) is 5. The lowest BCUT2D eigenvalue weighted by molar-refractivity contribution is -0.151. The van der Waals surface area contributed by atoms with Crippen molar-refractivity contribution in [1.82, 2.24) is 29.9 Å². The SMILES string of the molecule is O=C(O)C1Cc2nc[nH]c2CN1C(=O)Cn1ccnn1. The summed E-state index contributed by atoms with van der Waals surface area (Å²) in [6.07, 6.45) is 4.73. The number of carboxylic acids is 1. The molecule has 1 unspecified atom stereocenters. The first-order valence-corrected chi connectivity index (χ1v) is 6.02. The van der Waals surface area contributed by atoms with Gasteiger partial charge in [0, 0.05) is 12.6 Å². The molecule has 20 heavy (non-hydrogen) atoms. The van der Waals surface area contributed by atoms with E-state index in [2.05, 4.69) is 20.3 Å². The Labute approximate surface area is 113 Å². The Morgan fingerprint density at radius 2 is 2.35 bits per heavy atom. The normalized spacial score (nSPS) is 17.8. The quantitative estimate of drug-likeness (QED) is 0.745. The molecule has 0 aliphatic carbocycles. The zero-order valence-corrected chi connectivity index (χ0v) is 10.4. The van der Waals surface area contributed by atoms with Gasteiger partial charge in [0.05, 0.1) is 30.5 Å². The highest BCUT2D eigenvalue weighted by molar-refractivity contribution is 5.84. The number of aromatic nitrogens is 5. The van der Waals surface area contributed by atoms with E-state index in [1.54, 1.807) is 6.20 Å². The van der Waals surface area contributed by atoms with E-state index in [4.69, 9.17) is 0 Å². The van der Waals surface area contributed by atoms with Gasteiger partial charge in [-0.15, -0.1) is 5.10 Å². The fourth-order valence-corrected chi connectivity index (χ4v) is 2.27. The molecule has 0 bridgehead atoms. The minimum absolute atomic E-state index is 0.0345. The molecule has 2 aromatic heterocycles. The molecule has 1 amide bonds. The van der Waals surface area contributed by atoms with Crippen molar-refractivity contribution in [3.05, 3.63) is 30.1 Å². The van der Waals surface area contributed by atoms with E-state index in [-0.39, 0.29) is 25.4 Å². The average molecular weight is 276 g/mol. The predicted molar refractivity (Wildman–Crippen MR) is 64.3 cm³/mol. The Hall–Kier alpha value is -2.71. The minimum Gasteiger partial charge on any atom is -0.480 e. The Bertz CT molecular complexity index is 634. The van der Waals surface area contributed by atoms with Gasteiger partial charge in [-0.3, -0.25) is 4.79 Å². The van der Waals surface area contributed by atoms with E-state index in [1.807, 2.05) is 0 Å². The summed E-state index contributed by atoms with van der Waals surface area (Å²) in [5.41, 5.74) is 1.47. The van der Waals surface area contributed by atoms with Crippen LogP contribution >= 0.6 is 0 Å². The van der Waals surface area contributed by atoms with Crippen molar-refractivity contribution < 1.29 is 14.7 Å². The van der Waals surface area contributed by atoms with Gasteiger partial charge < -0.3 is 15.0 Å². The lowest BCUT2D eigenvalue weighted by Crippen LogP contribution is -2.49. The van der Waals surface area contributed by atoms with Gasteiger partial charge in [-0.1, -0.05) is 5.21 Å². The number of nitrogens with zero attached hydrogens (tertiary/aromatic N) is 5. The van der Waals surface area contributed by atoms with E-state index in [1.165, 1.54) is 22.1 Å². The van der Waals surface area contributed by atoms with E-state index in [9.17, 15) is 14.7 Å². The van der Waals surface area contributed by atoms with Crippen LogP contribution in [0.1, 0.15) is 11.4 Å². The molecule has 0 aromatic carbocycles. The standard InChI is InChI=1S/C11H12N6O3/c18-10(5-16-2-1-14-15-16)17-4-8-7(12-6-13-8)3-9(17)11(19)20/h1-2,6,9H,3-5H2,(H,12,13)(H,19,20). The number of carbonyl (C=O) groups excluding carboxylic acids is 1. The fraction of sp³-hybridized carbons (Fsp3) is 0.364. The van der Waals surface area contributed by atoms with Crippen LogP contribution in [-0.4, -0.2) is 52.9 Å². The van der Waals surface area contributed by atoms with Crippen LogP contribution in [0.5, 0.6) is 0 Å². The maximum absolute atomic E-state index is 12.3. The number of H-pyrrole nitrogens is 1. The molecular weight excluding hydrogens is 264 g/mol. The van der Waals surface area contributed by atoms with Crippen LogP contribution in [0.3, 0.4) is 0 Å². The van der Waals surface area contributed by atoms with Crippen molar-refractivity contribution in [2.24, 2.45) is 0 Å². The molecule has 0 spiro atoms. The lowest BCUT2D eigenvalue weighted by Gasteiger charge is -2.32. The van der Waals surface area contributed by atoms with Gasteiger partial charge in [0.2, 0.25) is 5.91 Å². The third-order valence-electron chi connectivity index (χ3n) is 3.27. The first kappa shape index (κ1) is 12.3. The van der Waals surface area contributed by atoms with Gasteiger partial charge in [0.1, 0.15) is 12.6 Å². The second kappa shape index (κ2) is 4.76. The van der Waals surface area contributed by atoms with Crippen molar-refractivity contribution in [2.75, 3.05) is 0 Å². The number of carboxylic acid groups (broad SMARTS) is 1. The number of fused-ring (bicyclic) bond motifs is 1. The third-order valence-corrected chi connectivity index (χ3v) is 3.27. The predicted octanol–water partition coefficient (Wildman–Crippen LogP) is -0.961. The summed E-state index contributed by atoms with van der Waals surface area (Å²) in [6.45, 7) is 0.174. The third kappa shape index (κ3) is 2.13. The summed E-state index contributed by atoms with van der Waals surface area (Å²) in [5.74, 6) is -1.35. The maximum Gasteiger partial charge on any atom is 0.326 e. The Morgan fingerprint density at radius 1 is 1.50 bits per heavy atom. The Balaban J connectivity index is 1.82. The molecule has 1 atom stereocenters. The monoisotopic (exact) mass is 276 g/mol. The molecule has 3 rings (SSSR count). The summed E-state index contributed by atoms with van der Waals surface area (Å²) >= 11 is 0. The second-order valence-electron chi connectivity index (χ2n) is 4.51. The Morgan fingerprint density at radius 3 is 3.05 bits per heavy atom. The van der Waals surface area contributed by atoms with Crippen molar-refractivity contribution >= 4 is 11.9 Å². The summed E-state index contributed by atoms with van der Waals surface area (Å²) in [7, 11) is 0. The molecule has 1 aliphatic rings. The summed E-state index contributed by atoms with van der Waals surface area (Å²) in [5, 5.41) is 16.6. The zero-order chi connectivity index (χ0) is 14.1. The number of nitrogens with one attached hydrogen (secondary N) is 1. The van der Waals surface area contributed by atoms with Crippen LogP contribution in [0.15, 0.2) is 18.7 Å². The number of aromatic amines is 1. The number of aliphatic carboxylic acids is 1. The summed E-state index contributed by atoms with van der Waals surface area (Å²) < 4.78 is 1.36. The summed E-state index contributed by atoms with van der Waals surface area (Å²) in [4.78, 5) is 31.9. The van der Waals surface area contributed by atoms with Gasteiger partial charge >= 0.3 is 5.97 Å². The van der Waals surface area contributed by atoms with Gasteiger partial charge in [0.25, 0.3) is 0 Å². The first-order valence-electron chi connectivity index (χ1n) is 6.02. The average Bonchev–Trinajstić information content (AvgIpc) is 3.06. The largest absolute Gasteiger partial charge is 0.480 e. The molecule has 0 saturated carbocycles. The Kier molecular flexibility index (Phi) is 2.93.